The van der Waals surface area contributed by atoms with Crippen LogP contribution in [-0.2, 0) is 4.79 Å². The van der Waals surface area contributed by atoms with Gasteiger partial charge in [-0.1, -0.05) is 6.07 Å². The number of rotatable bonds is 3. The molecule has 0 saturated carbocycles. The van der Waals surface area contributed by atoms with Gasteiger partial charge in [-0.2, -0.15) is 5.26 Å². The first kappa shape index (κ1) is 18.1. The van der Waals surface area contributed by atoms with E-state index in [1.807, 2.05) is 25.1 Å². The zero-order valence-electron chi connectivity index (χ0n) is 15.7. The van der Waals surface area contributed by atoms with Crippen molar-refractivity contribution in [2.45, 2.75) is 19.3 Å². The first-order chi connectivity index (χ1) is 13.5. The number of anilines is 2. The Balaban J connectivity index is 1.96. The third-order valence-corrected chi connectivity index (χ3v) is 6.34. The Morgan fingerprint density at radius 2 is 2.07 bits per heavy atom. The maximum Gasteiger partial charge on any atom is 0.289 e. The summed E-state index contributed by atoms with van der Waals surface area (Å²) >= 11 is 1.46. The van der Waals surface area contributed by atoms with E-state index in [1.165, 1.54) is 11.3 Å². The van der Waals surface area contributed by atoms with E-state index in [-0.39, 0.29) is 11.8 Å². The summed E-state index contributed by atoms with van der Waals surface area (Å²) in [6.07, 6.45) is 0.307. The van der Waals surface area contributed by atoms with Gasteiger partial charge in [0.2, 0.25) is 5.91 Å². The molecule has 2 aromatic heterocycles. The number of amides is 1. The van der Waals surface area contributed by atoms with E-state index in [0.717, 1.165) is 31.9 Å². The van der Waals surface area contributed by atoms with Crippen molar-refractivity contribution >= 4 is 38.3 Å². The number of hydrogen-bond acceptors (Lipinski definition) is 6. The highest BCUT2D eigenvalue weighted by Gasteiger charge is 2.34. The van der Waals surface area contributed by atoms with E-state index >= 15 is 0 Å². The molecule has 1 atom stereocenters. The number of H-pyrrole nitrogens is 1. The van der Waals surface area contributed by atoms with Gasteiger partial charge in [0.05, 0.1) is 18.9 Å². The number of hydrogen-bond donors (Lipinski definition) is 2. The molecule has 0 bridgehead atoms. The number of nitriles is 1. The van der Waals surface area contributed by atoms with Crippen molar-refractivity contribution in [1.29, 1.82) is 5.26 Å². The van der Waals surface area contributed by atoms with Crippen molar-refractivity contribution in [3.63, 3.8) is 0 Å². The molecule has 3 aromatic rings. The number of pyridine rings is 1. The van der Waals surface area contributed by atoms with E-state index in [2.05, 4.69) is 16.4 Å². The van der Waals surface area contributed by atoms with Crippen molar-refractivity contribution in [2.24, 2.45) is 0 Å². The summed E-state index contributed by atoms with van der Waals surface area (Å²) in [5.41, 5.74) is 10.1. The molecule has 0 fully saturated rings. The van der Waals surface area contributed by atoms with Crippen molar-refractivity contribution in [3.8, 4) is 17.6 Å². The molecule has 1 amide bonds. The Kier molecular flexibility index (Phi) is 4.32. The molecule has 0 saturated heterocycles. The van der Waals surface area contributed by atoms with Crippen LogP contribution in [0.3, 0.4) is 0 Å². The number of carbonyl (C=O) groups is 1. The monoisotopic (exact) mass is 395 g/mol. The van der Waals surface area contributed by atoms with Crippen molar-refractivity contribution < 1.29 is 19.3 Å². The predicted molar refractivity (Wildman–Crippen MR) is 107 cm³/mol. The number of methoxy groups -OCH3 is 2. The lowest BCUT2D eigenvalue weighted by Crippen LogP contribution is -2.24. The Labute approximate surface area is 165 Å². The van der Waals surface area contributed by atoms with Crippen LogP contribution in [0.1, 0.15) is 34.6 Å². The van der Waals surface area contributed by atoms with Crippen LogP contribution >= 0.6 is 11.3 Å². The molecule has 0 unspecified atom stereocenters. The fourth-order valence-corrected chi connectivity index (χ4v) is 4.97. The van der Waals surface area contributed by atoms with Crippen molar-refractivity contribution in [2.75, 3.05) is 25.3 Å². The van der Waals surface area contributed by atoms with Gasteiger partial charge in [-0.3, -0.25) is 10.5 Å². The number of benzene rings is 1. The molecule has 3 heterocycles. The minimum absolute atomic E-state index is 0.0510. The predicted octanol–water partition coefficient (Wildman–Crippen LogP) is 2.97. The van der Waals surface area contributed by atoms with Crippen molar-refractivity contribution in [1.82, 2.24) is 0 Å². The minimum Gasteiger partial charge on any atom is -0.493 e. The lowest BCUT2D eigenvalue weighted by Gasteiger charge is -2.23. The van der Waals surface area contributed by atoms with Crippen LogP contribution in [0.15, 0.2) is 18.2 Å². The first-order valence-electron chi connectivity index (χ1n) is 8.68. The number of nitrogen functional groups attached to an aromatic ring is 1. The SMILES string of the molecule is COc1ccc([C@@H]2CC(=O)Nc3sc4c(C)c(C#N)c(N)[nH+]c4c32)cc1OC. The van der Waals surface area contributed by atoms with E-state index in [4.69, 9.17) is 15.2 Å². The average Bonchev–Trinajstić information content (AvgIpc) is 3.05. The summed E-state index contributed by atoms with van der Waals surface area (Å²) in [5, 5.41) is 13.1. The summed E-state index contributed by atoms with van der Waals surface area (Å²) in [6, 6.07) is 7.83. The summed E-state index contributed by atoms with van der Waals surface area (Å²) < 4.78 is 11.7. The summed E-state index contributed by atoms with van der Waals surface area (Å²) in [5.74, 6) is 1.35. The lowest BCUT2D eigenvalue weighted by atomic mass is 9.86. The van der Waals surface area contributed by atoms with Gasteiger partial charge in [0.1, 0.15) is 22.2 Å². The average molecular weight is 395 g/mol. The number of aromatic nitrogens is 1. The fraction of sp³-hybridized carbons (Fsp3) is 0.250. The molecule has 7 nitrogen and oxygen atoms in total. The number of nitrogens with two attached hydrogens (primary N) is 1. The van der Waals surface area contributed by atoms with Gasteiger partial charge in [0.25, 0.3) is 5.82 Å². The quantitative estimate of drug-likeness (QED) is 0.708. The molecule has 0 spiro atoms. The highest BCUT2D eigenvalue weighted by Crippen LogP contribution is 2.47. The number of nitrogens with one attached hydrogen (secondary N) is 2. The highest BCUT2D eigenvalue weighted by atomic mass is 32.1. The van der Waals surface area contributed by atoms with Crippen LogP contribution in [-0.4, -0.2) is 20.1 Å². The normalized spacial score (nSPS) is 15.6. The molecule has 28 heavy (non-hydrogen) atoms. The van der Waals surface area contributed by atoms with E-state index in [1.54, 1.807) is 14.2 Å². The van der Waals surface area contributed by atoms with Crippen LogP contribution < -0.4 is 25.5 Å². The van der Waals surface area contributed by atoms with Gasteiger partial charge in [-0.05, 0) is 30.2 Å². The second-order valence-corrected chi connectivity index (χ2v) is 7.64. The summed E-state index contributed by atoms with van der Waals surface area (Å²) in [7, 11) is 3.17. The molecule has 1 aromatic carbocycles. The number of aromatic amines is 1. The largest absolute Gasteiger partial charge is 0.493 e. The lowest BCUT2D eigenvalue weighted by molar-refractivity contribution is -0.327. The second kappa shape index (κ2) is 6.69. The Morgan fingerprint density at radius 1 is 1.32 bits per heavy atom. The van der Waals surface area contributed by atoms with Crippen LogP contribution in [0.5, 0.6) is 11.5 Å². The van der Waals surface area contributed by atoms with Gasteiger partial charge < -0.3 is 14.8 Å². The third kappa shape index (κ3) is 2.63. The van der Waals surface area contributed by atoms with Crippen LogP contribution in [0.4, 0.5) is 10.8 Å². The maximum absolute atomic E-state index is 12.4. The molecular weight excluding hydrogens is 376 g/mol. The number of fused-ring (bicyclic) bond motifs is 3. The molecule has 4 N–H and O–H groups in total. The van der Waals surface area contributed by atoms with E-state index in [0.29, 0.717) is 29.3 Å². The van der Waals surface area contributed by atoms with Crippen LogP contribution in [0, 0.1) is 18.3 Å². The molecule has 142 valence electrons. The Hall–Kier alpha value is -3.31. The van der Waals surface area contributed by atoms with Crippen LogP contribution in [0.2, 0.25) is 0 Å². The van der Waals surface area contributed by atoms with Gasteiger partial charge in [-0.15, -0.1) is 11.3 Å². The minimum atomic E-state index is -0.166. The molecule has 1 aliphatic rings. The summed E-state index contributed by atoms with van der Waals surface area (Å²) in [4.78, 5) is 15.6. The number of thiophene rings is 1. The van der Waals surface area contributed by atoms with Gasteiger partial charge in [0.15, 0.2) is 11.5 Å². The summed E-state index contributed by atoms with van der Waals surface area (Å²) in [6.45, 7) is 1.88. The van der Waals surface area contributed by atoms with Crippen LogP contribution in [0.25, 0.3) is 10.2 Å². The number of nitrogens with zero attached hydrogens (tertiary/aromatic N) is 1. The number of ether oxygens (including phenoxy) is 2. The third-order valence-electron chi connectivity index (χ3n) is 5.10. The molecule has 0 aliphatic carbocycles. The standard InChI is InChI=1S/C20H18N4O3S/c1-9-12(8-21)19(22)24-17-16-11(7-15(25)23-20(16)28-18(9)17)10-4-5-13(26-2)14(6-10)27-3/h4-6,11H,7H2,1-3H3,(H2,22,24)(H,23,25)/p+1/t11-/m0/s1. The number of carbonyl (C=O) groups excluding carboxylic acids is 1. The fourth-order valence-electron chi connectivity index (χ4n) is 3.73. The van der Waals surface area contributed by atoms with Gasteiger partial charge in [-0.25, -0.2) is 4.98 Å². The zero-order chi connectivity index (χ0) is 20.0. The smallest absolute Gasteiger partial charge is 0.289 e. The van der Waals surface area contributed by atoms with Gasteiger partial charge >= 0.3 is 0 Å². The highest BCUT2D eigenvalue weighted by molar-refractivity contribution is 7.23. The topological polar surface area (TPSA) is 112 Å². The van der Waals surface area contributed by atoms with E-state index < -0.39 is 0 Å². The second-order valence-electron chi connectivity index (χ2n) is 6.62. The Bertz CT molecular complexity index is 1160. The molecule has 8 heteroatoms. The molecule has 1 aliphatic heterocycles. The molecule has 0 radical (unpaired) electrons. The van der Waals surface area contributed by atoms with Gasteiger partial charge in [0, 0.05) is 17.9 Å². The molecular formula is C20H19N4O3S+. The van der Waals surface area contributed by atoms with Crippen molar-refractivity contribution in [3.05, 3.63) is 40.5 Å². The molecule has 4 rings (SSSR count). The number of aryl methyl sites for hydroxylation is 1. The first-order valence-corrected chi connectivity index (χ1v) is 9.49. The Morgan fingerprint density at radius 3 is 2.75 bits per heavy atom. The van der Waals surface area contributed by atoms with E-state index in [9.17, 15) is 10.1 Å². The zero-order valence-corrected chi connectivity index (χ0v) is 16.5. The maximum atomic E-state index is 12.4.